The van der Waals surface area contributed by atoms with Crippen LogP contribution in [0.1, 0.15) is 45.4 Å². The van der Waals surface area contributed by atoms with Crippen LogP contribution in [0, 0.1) is 18.6 Å². The minimum atomic E-state index is -5.02. The van der Waals surface area contributed by atoms with Crippen LogP contribution in [0.3, 0.4) is 0 Å². The number of carbonyl (C=O) groups excluding carboxylic acids is 3. The van der Waals surface area contributed by atoms with Crippen LogP contribution in [-0.4, -0.2) is 45.6 Å². The van der Waals surface area contributed by atoms with Crippen molar-refractivity contribution < 1.29 is 41.4 Å². The average Bonchev–Trinajstić information content (AvgIpc) is 3.28. The number of halogens is 5. The number of aliphatic hydroxyl groups is 1. The maximum absolute atomic E-state index is 13.5. The SMILES string of the molecule is Cc1c(C(=O)C(=O)NC(C)(CO)C(F)(F)F)c2n(c1C(=O)Nc1ccc(F)c(F)c1)CCC2. The van der Waals surface area contributed by atoms with E-state index in [0.717, 1.165) is 18.2 Å². The van der Waals surface area contributed by atoms with Gasteiger partial charge in [-0.2, -0.15) is 13.2 Å². The third-order valence-corrected chi connectivity index (χ3v) is 5.57. The molecule has 0 fully saturated rings. The Morgan fingerprint density at radius 2 is 1.82 bits per heavy atom. The van der Waals surface area contributed by atoms with Crippen LogP contribution in [0.5, 0.6) is 0 Å². The number of fused-ring (bicyclic) bond motifs is 1. The molecule has 1 aliphatic heterocycles. The first kappa shape index (κ1) is 24.4. The molecular weight excluding hydrogens is 453 g/mol. The number of nitrogens with zero attached hydrogens (tertiary/aromatic N) is 1. The number of amides is 2. The lowest BCUT2D eigenvalue weighted by Gasteiger charge is -2.30. The molecule has 0 saturated carbocycles. The van der Waals surface area contributed by atoms with Gasteiger partial charge in [-0.25, -0.2) is 8.78 Å². The van der Waals surface area contributed by atoms with Crippen molar-refractivity contribution in [3.05, 3.63) is 52.3 Å². The molecule has 2 amide bonds. The summed E-state index contributed by atoms with van der Waals surface area (Å²) in [7, 11) is 0. The number of hydrogen-bond acceptors (Lipinski definition) is 4. The molecule has 12 heteroatoms. The zero-order valence-corrected chi connectivity index (χ0v) is 17.6. The fraction of sp³-hybridized carbons (Fsp3) is 0.381. The Balaban J connectivity index is 1.94. The minimum absolute atomic E-state index is 0.0240. The Kier molecular flexibility index (Phi) is 6.33. The van der Waals surface area contributed by atoms with Crippen LogP contribution in [0.2, 0.25) is 0 Å². The molecule has 2 aromatic rings. The van der Waals surface area contributed by atoms with E-state index in [9.17, 15) is 36.3 Å². The number of Topliss-reactive ketones (excluding diaryl/α,β-unsaturated/α-hetero) is 1. The van der Waals surface area contributed by atoms with Gasteiger partial charge >= 0.3 is 6.18 Å². The van der Waals surface area contributed by atoms with Gasteiger partial charge in [-0.1, -0.05) is 0 Å². The number of aliphatic hydroxyl groups excluding tert-OH is 1. The van der Waals surface area contributed by atoms with E-state index in [2.05, 4.69) is 5.32 Å². The van der Waals surface area contributed by atoms with Crippen LogP contribution in [0.25, 0.3) is 0 Å². The van der Waals surface area contributed by atoms with Crippen LogP contribution < -0.4 is 10.6 Å². The molecule has 33 heavy (non-hydrogen) atoms. The lowest BCUT2D eigenvalue weighted by atomic mass is 9.99. The summed E-state index contributed by atoms with van der Waals surface area (Å²) in [4.78, 5) is 38.1. The zero-order chi connectivity index (χ0) is 24.7. The van der Waals surface area contributed by atoms with Crippen molar-refractivity contribution in [3.8, 4) is 0 Å². The Hall–Kier alpha value is -3.28. The van der Waals surface area contributed by atoms with Crippen LogP contribution in [0.4, 0.5) is 27.6 Å². The molecule has 1 atom stereocenters. The molecular formula is C21H20F5N3O4. The largest absolute Gasteiger partial charge is 0.413 e. The highest BCUT2D eigenvalue weighted by Crippen LogP contribution is 2.32. The van der Waals surface area contributed by atoms with Gasteiger partial charge in [-0.05, 0) is 44.4 Å². The molecule has 0 bridgehead atoms. The Morgan fingerprint density at radius 1 is 1.15 bits per heavy atom. The first-order valence-corrected chi connectivity index (χ1v) is 9.83. The Morgan fingerprint density at radius 3 is 2.39 bits per heavy atom. The number of nitrogens with one attached hydrogen (secondary N) is 2. The molecule has 178 valence electrons. The first-order chi connectivity index (χ1) is 15.3. The molecule has 0 aliphatic carbocycles. The van der Waals surface area contributed by atoms with Crippen molar-refractivity contribution in [3.63, 3.8) is 0 Å². The fourth-order valence-electron chi connectivity index (χ4n) is 3.70. The standard InChI is InChI=1S/C21H20F5N3O4/c1-10-15(17(31)19(33)28-20(2,9-30)21(24,25)26)14-4-3-7-29(14)16(10)18(32)27-11-5-6-12(22)13(23)8-11/h5-6,8,30H,3-4,7,9H2,1-2H3,(H,27,32)(H,28,33). The van der Waals surface area contributed by atoms with E-state index >= 15 is 0 Å². The second-order valence-corrected chi connectivity index (χ2v) is 7.90. The third kappa shape index (κ3) is 4.34. The van der Waals surface area contributed by atoms with Gasteiger partial charge in [0.1, 0.15) is 5.69 Å². The topological polar surface area (TPSA) is 100 Å². The van der Waals surface area contributed by atoms with E-state index in [-0.39, 0.29) is 22.5 Å². The highest BCUT2D eigenvalue weighted by Gasteiger charge is 2.52. The van der Waals surface area contributed by atoms with Gasteiger partial charge in [0.25, 0.3) is 17.6 Å². The van der Waals surface area contributed by atoms with Crippen molar-refractivity contribution in [2.24, 2.45) is 0 Å². The van der Waals surface area contributed by atoms with Crippen molar-refractivity contribution in [2.45, 2.75) is 44.9 Å². The Bertz CT molecular complexity index is 1140. The molecule has 7 nitrogen and oxygen atoms in total. The zero-order valence-electron chi connectivity index (χ0n) is 17.6. The van der Waals surface area contributed by atoms with E-state index in [1.165, 1.54) is 16.8 Å². The highest BCUT2D eigenvalue weighted by molar-refractivity contribution is 6.44. The number of ketones is 1. The maximum Gasteiger partial charge on any atom is 0.413 e. The summed E-state index contributed by atoms with van der Waals surface area (Å²) in [6.07, 6.45) is -4.21. The lowest BCUT2D eigenvalue weighted by molar-refractivity contribution is -0.201. The summed E-state index contributed by atoms with van der Waals surface area (Å²) in [5, 5.41) is 13.1. The molecule has 1 aromatic heterocycles. The summed E-state index contributed by atoms with van der Waals surface area (Å²) >= 11 is 0. The minimum Gasteiger partial charge on any atom is -0.394 e. The van der Waals surface area contributed by atoms with Crippen LogP contribution in [-0.2, 0) is 17.8 Å². The summed E-state index contributed by atoms with van der Waals surface area (Å²) in [5.41, 5.74) is -2.96. The van der Waals surface area contributed by atoms with Gasteiger partial charge in [0.15, 0.2) is 17.2 Å². The van der Waals surface area contributed by atoms with Crippen molar-refractivity contribution in [1.29, 1.82) is 0 Å². The average molecular weight is 473 g/mol. The molecule has 3 N–H and O–H groups in total. The van der Waals surface area contributed by atoms with Crippen molar-refractivity contribution in [1.82, 2.24) is 9.88 Å². The number of aromatic nitrogens is 1. The molecule has 3 rings (SSSR count). The predicted molar refractivity (Wildman–Crippen MR) is 106 cm³/mol. The number of alkyl halides is 3. The predicted octanol–water partition coefficient (Wildman–Crippen LogP) is 2.89. The van der Waals surface area contributed by atoms with E-state index in [0.29, 0.717) is 32.0 Å². The van der Waals surface area contributed by atoms with E-state index in [1.807, 2.05) is 0 Å². The number of anilines is 1. The van der Waals surface area contributed by atoms with Gasteiger partial charge in [0.05, 0.1) is 12.2 Å². The summed E-state index contributed by atoms with van der Waals surface area (Å²) in [6, 6.07) is 2.72. The molecule has 1 aliphatic rings. The molecule has 1 unspecified atom stereocenters. The van der Waals surface area contributed by atoms with Crippen molar-refractivity contribution >= 4 is 23.3 Å². The van der Waals surface area contributed by atoms with Crippen molar-refractivity contribution in [2.75, 3.05) is 11.9 Å². The molecule has 0 spiro atoms. The van der Waals surface area contributed by atoms with E-state index in [1.54, 1.807) is 0 Å². The number of carbonyl (C=O) groups is 3. The van der Waals surface area contributed by atoms with Gasteiger partial charge in [-0.3, -0.25) is 14.4 Å². The third-order valence-electron chi connectivity index (χ3n) is 5.57. The number of benzene rings is 1. The second kappa shape index (κ2) is 8.58. The smallest absolute Gasteiger partial charge is 0.394 e. The molecule has 0 saturated heterocycles. The van der Waals surface area contributed by atoms with Gasteiger partial charge in [0, 0.05) is 24.0 Å². The number of rotatable bonds is 6. The summed E-state index contributed by atoms with van der Waals surface area (Å²) in [6.45, 7) is 0.726. The first-order valence-electron chi connectivity index (χ1n) is 9.83. The van der Waals surface area contributed by atoms with Gasteiger partial charge in [0.2, 0.25) is 0 Å². The molecule has 2 heterocycles. The van der Waals surface area contributed by atoms with Gasteiger partial charge in [-0.15, -0.1) is 0 Å². The van der Waals surface area contributed by atoms with Crippen LogP contribution in [0.15, 0.2) is 18.2 Å². The number of hydrogen-bond donors (Lipinski definition) is 3. The lowest BCUT2D eigenvalue weighted by Crippen LogP contribution is -2.60. The van der Waals surface area contributed by atoms with E-state index in [4.69, 9.17) is 5.11 Å². The fourth-order valence-corrected chi connectivity index (χ4v) is 3.70. The Labute approximate surface area is 184 Å². The molecule has 1 aromatic carbocycles. The highest BCUT2D eigenvalue weighted by atomic mass is 19.4. The maximum atomic E-state index is 13.5. The summed E-state index contributed by atoms with van der Waals surface area (Å²) in [5.74, 6) is -5.93. The molecule has 0 radical (unpaired) electrons. The summed E-state index contributed by atoms with van der Waals surface area (Å²) < 4.78 is 67.7. The quantitative estimate of drug-likeness (QED) is 0.341. The second-order valence-electron chi connectivity index (χ2n) is 7.90. The normalized spacial score (nSPS) is 15.0. The monoisotopic (exact) mass is 473 g/mol. The van der Waals surface area contributed by atoms with Crippen LogP contribution >= 0.6 is 0 Å². The van der Waals surface area contributed by atoms with Gasteiger partial charge < -0.3 is 20.3 Å². The van der Waals surface area contributed by atoms with E-state index < -0.39 is 47.6 Å².